The van der Waals surface area contributed by atoms with Crippen LogP contribution in [0.5, 0.6) is 0 Å². The van der Waals surface area contributed by atoms with E-state index >= 15 is 0 Å². The molecular formula is C4H8O7S. The van der Waals surface area contributed by atoms with E-state index in [4.69, 9.17) is 19.6 Å². The zero-order valence-electron chi connectivity index (χ0n) is 6.09. The number of carboxylic acids is 2. The lowest BCUT2D eigenvalue weighted by molar-refractivity contribution is -0.135. The summed E-state index contributed by atoms with van der Waals surface area (Å²) < 4.78 is 27.0. The molecule has 0 aliphatic rings. The highest BCUT2D eigenvalue weighted by molar-refractivity contribution is 7.86. The zero-order chi connectivity index (χ0) is 10.4. The standard InChI is InChI=1S/C2H4O5S.C2H4O2/c3-2(4)1-8(5,6)7;1-2(3)4/h1H2,(H,3,4)(H,5,6,7);1H3,(H,3,4). The van der Waals surface area contributed by atoms with Gasteiger partial charge in [-0.2, -0.15) is 8.42 Å². The van der Waals surface area contributed by atoms with Crippen molar-refractivity contribution in [3.63, 3.8) is 0 Å². The Morgan fingerprint density at radius 1 is 1.25 bits per heavy atom. The van der Waals surface area contributed by atoms with Crippen molar-refractivity contribution in [1.29, 1.82) is 0 Å². The Bertz CT molecular complexity index is 247. The Labute approximate surface area is 68.4 Å². The second kappa shape index (κ2) is 5.49. The van der Waals surface area contributed by atoms with E-state index in [-0.39, 0.29) is 0 Å². The summed E-state index contributed by atoms with van der Waals surface area (Å²) in [4.78, 5) is 18.5. The number of rotatable bonds is 2. The smallest absolute Gasteiger partial charge is 0.321 e. The maximum Gasteiger partial charge on any atom is 0.321 e. The molecule has 0 saturated carbocycles. The van der Waals surface area contributed by atoms with Crippen molar-refractivity contribution in [2.24, 2.45) is 0 Å². The van der Waals surface area contributed by atoms with Crippen LogP contribution < -0.4 is 0 Å². The summed E-state index contributed by atoms with van der Waals surface area (Å²) in [6, 6.07) is 0. The zero-order valence-corrected chi connectivity index (χ0v) is 6.91. The topological polar surface area (TPSA) is 129 Å². The minimum atomic E-state index is -4.32. The van der Waals surface area contributed by atoms with Gasteiger partial charge in [-0.05, 0) is 0 Å². The number of carbonyl (C=O) groups is 2. The molecule has 0 heterocycles. The van der Waals surface area contributed by atoms with E-state index in [9.17, 15) is 13.2 Å². The van der Waals surface area contributed by atoms with Crippen LogP contribution in [0, 0.1) is 0 Å². The second-order valence-electron chi connectivity index (χ2n) is 1.64. The Kier molecular flexibility index (Phi) is 6.15. The van der Waals surface area contributed by atoms with Gasteiger partial charge in [0.2, 0.25) is 0 Å². The molecule has 0 saturated heterocycles. The number of carboxylic acid groups (broad SMARTS) is 2. The molecule has 72 valence electrons. The van der Waals surface area contributed by atoms with Gasteiger partial charge in [-0.15, -0.1) is 0 Å². The van der Waals surface area contributed by atoms with Gasteiger partial charge in [0.1, 0.15) is 0 Å². The molecule has 0 rings (SSSR count). The van der Waals surface area contributed by atoms with Crippen molar-refractivity contribution in [1.82, 2.24) is 0 Å². The molecule has 7 nitrogen and oxygen atoms in total. The fourth-order valence-corrected chi connectivity index (χ4v) is 0.468. The van der Waals surface area contributed by atoms with Crippen LogP contribution in [-0.4, -0.2) is 40.9 Å². The van der Waals surface area contributed by atoms with Gasteiger partial charge >= 0.3 is 5.97 Å². The van der Waals surface area contributed by atoms with Crippen molar-refractivity contribution >= 4 is 22.1 Å². The molecule has 0 amide bonds. The summed E-state index contributed by atoms with van der Waals surface area (Å²) in [7, 11) is -4.32. The SMILES string of the molecule is CC(=O)O.O=C(O)CS(=O)(=O)O. The van der Waals surface area contributed by atoms with Gasteiger partial charge < -0.3 is 10.2 Å². The molecule has 0 aliphatic carbocycles. The van der Waals surface area contributed by atoms with Crippen LogP contribution in [0.3, 0.4) is 0 Å². The summed E-state index contributed by atoms with van der Waals surface area (Å²) in [6.45, 7) is 1.08. The lowest BCUT2D eigenvalue weighted by atomic mass is 10.8. The molecule has 0 spiro atoms. The number of hydrogen-bond donors (Lipinski definition) is 3. The summed E-state index contributed by atoms with van der Waals surface area (Å²) >= 11 is 0. The lowest BCUT2D eigenvalue weighted by Gasteiger charge is -1.85. The van der Waals surface area contributed by atoms with Gasteiger partial charge in [0.05, 0.1) is 0 Å². The van der Waals surface area contributed by atoms with Crippen LogP contribution in [0.4, 0.5) is 0 Å². The van der Waals surface area contributed by atoms with E-state index < -0.39 is 27.8 Å². The second-order valence-corrected chi connectivity index (χ2v) is 3.09. The van der Waals surface area contributed by atoms with Crippen molar-refractivity contribution in [3.8, 4) is 0 Å². The van der Waals surface area contributed by atoms with Gasteiger partial charge in [-0.1, -0.05) is 0 Å². The van der Waals surface area contributed by atoms with Crippen LogP contribution in [0.2, 0.25) is 0 Å². The third-order valence-electron chi connectivity index (χ3n) is 0.306. The highest BCUT2D eigenvalue weighted by atomic mass is 32.2. The maximum atomic E-state index is 9.62. The molecule has 0 aromatic rings. The molecule has 3 N–H and O–H groups in total. The van der Waals surface area contributed by atoms with Crippen LogP contribution in [0.15, 0.2) is 0 Å². The maximum absolute atomic E-state index is 9.62. The Morgan fingerprint density at radius 2 is 1.50 bits per heavy atom. The van der Waals surface area contributed by atoms with E-state index in [0.717, 1.165) is 6.92 Å². The minimum absolute atomic E-state index is 0.833. The first kappa shape index (κ1) is 13.4. The van der Waals surface area contributed by atoms with Gasteiger partial charge in [-0.25, -0.2) is 0 Å². The fraction of sp³-hybridized carbons (Fsp3) is 0.500. The predicted molar refractivity (Wildman–Crippen MR) is 37.4 cm³/mol. The molecular weight excluding hydrogens is 192 g/mol. The normalized spacial score (nSPS) is 9.50. The van der Waals surface area contributed by atoms with Crippen molar-refractivity contribution in [3.05, 3.63) is 0 Å². The monoisotopic (exact) mass is 200 g/mol. The molecule has 0 radical (unpaired) electrons. The van der Waals surface area contributed by atoms with E-state index in [1.165, 1.54) is 0 Å². The quantitative estimate of drug-likeness (QED) is 0.490. The highest BCUT2D eigenvalue weighted by Crippen LogP contribution is 1.78. The third-order valence-corrected chi connectivity index (χ3v) is 0.918. The van der Waals surface area contributed by atoms with Crippen molar-refractivity contribution in [2.45, 2.75) is 6.92 Å². The Hall–Kier alpha value is -1.15. The first-order valence-electron chi connectivity index (χ1n) is 2.51. The largest absolute Gasteiger partial charge is 0.481 e. The third kappa shape index (κ3) is 36.8. The predicted octanol–water partition coefficient (Wildman–Crippen LogP) is -0.950. The molecule has 0 atom stereocenters. The van der Waals surface area contributed by atoms with Gasteiger partial charge in [0, 0.05) is 6.92 Å². The van der Waals surface area contributed by atoms with Gasteiger partial charge in [-0.3, -0.25) is 14.1 Å². The fourth-order valence-electron chi connectivity index (χ4n) is 0.156. The molecule has 0 aliphatic heterocycles. The lowest BCUT2D eigenvalue weighted by Crippen LogP contribution is -2.13. The highest BCUT2D eigenvalue weighted by Gasteiger charge is 2.09. The first-order valence-corrected chi connectivity index (χ1v) is 4.12. The van der Waals surface area contributed by atoms with E-state index in [1.807, 2.05) is 0 Å². The molecule has 0 unspecified atom stereocenters. The summed E-state index contributed by atoms with van der Waals surface area (Å²) in [5.41, 5.74) is 0. The van der Waals surface area contributed by atoms with Crippen LogP contribution in [0.1, 0.15) is 6.92 Å². The summed E-state index contributed by atoms with van der Waals surface area (Å²) in [5, 5.41) is 15.1. The Morgan fingerprint density at radius 3 is 1.50 bits per heavy atom. The van der Waals surface area contributed by atoms with Crippen LogP contribution in [-0.2, 0) is 19.7 Å². The molecule has 0 aromatic carbocycles. The van der Waals surface area contributed by atoms with Crippen LogP contribution in [0.25, 0.3) is 0 Å². The van der Waals surface area contributed by atoms with Gasteiger partial charge in [0.25, 0.3) is 16.1 Å². The van der Waals surface area contributed by atoms with E-state index in [1.54, 1.807) is 0 Å². The van der Waals surface area contributed by atoms with Gasteiger partial charge in [0.15, 0.2) is 5.75 Å². The molecule has 0 fully saturated rings. The number of aliphatic carboxylic acids is 2. The average molecular weight is 200 g/mol. The van der Waals surface area contributed by atoms with E-state index in [0.29, 0.717) is 0 Å². The first-order chi connectivity index (χ1) is 5.15. The number of hydrogen-bond acceptors (Lipinski definition) is 4. The molecule has 0 bridgehead atoms. The van der Waals surface area contributed by atoms with Crippen molar-refractivity contribution < 1.29 is 32.8 Å². The van der Waals surface area contributed by atoms with Crippen LogP contribution >= 0.6 is 0 Å². The molecule has 8 heteroatoms. The average Bonchev–Trinajstić information content (AvgIpc) is 1.52. The molecule has 0 aromatic heterocycles. The summed E-state index contributed by atoms with van der Waals surface area (Å²) in [5.74, 6) is -3.63. The molecule has 12 heavy (non-hydrogen) atoms. The summed E-state index contributed by atoms with van der Waals surface area (Å²) in [6.07, 6.45) is 0. The minimum Gasteiger partial charge on any atom is -0.481 e. The Balaban J connectivity index is 0. The van der Waals surface area contributed by atoms with E-state index in [2.05, 4.69) is 0 Å². The van der Waals surface area contributed by atoms with Crippen molar-refractivity contribution in [2.75, 3.05) is 5.75 Å².